The van der Waals surface area contributed by atoms with E-state index < -0.39 is 29.2 Å². The summed E-state index contributed by atoms with van der Waals surface area (Å²) in [5.41, 5.74) is -2.29. The minimum absolute atomic E-state index is 0.312. The first-order valence-corrected chi connectivity index (χ1v) is 3.97. The summed E-state index contributed by atoms with van der Waals surface area (Å²) in [5, 5.41) is 16.8. The Morgan fingerprint density at radius 1 is 1.67 bits per heavy atom. The highest BCUT2D eigenvalue weighted by atomic mass is 35.5. The second-order valence-corrected chi connectivity index (χ2v) is 2.86. The number of rotatable bonds is 2. The lowest BCUT2D eigenvalue weighted by Gasteiger charge is -2.06. The zero-order chi connectivity index (χ0) is 11.6. The Labute approximate surface area is 87.7 Å². The first-order valence-electron chi connectivity index (χ1n) is 3.59. The van der Waals surface area contributed by atoms with Crippen molar-refractivity contribution < 1.29 is 18.7 Å². The molecule has 1 heterocycles. The second kappa shape index (κ2) is 4.19. The van der Waals surface area contributed by atoms with Crippen LogP contribution in [0.3, 0.4) is 0 Å². The normalized spacial score (nSPS) is 10.1. The molecular weight excluding hydrogens is 230 g/mol. The molecule has 7 heteroatoms. The Bertz CT molecular complexity index is 457. The van der Waals surface area contributed by atoms with Gasteiger partial charge >= 0.3 is 5.97 Å². The van der Waals surface area contributed by atoms with Crippen molar-refractivity contribution in [3.05, 3.63) is 28.0 Å². The van der Waals surface area contributed by atoms with Crippen molar-refractivity contribution in [3.63, 3.8) is 0 Å². The third-order valence-corrected chi connectivity index (χ3v) is 1.76. The maximum absolute atomic E-state index is 12.5. The summed E-state index contributed by atoms with van der Waals surface area (Å²) in [6, 6.07) is 2.34. The Balaban J connectivity index is 3.56. The summed E-state index contributed by atoms with van der Waals surface area (Å²) >= 11 is 5.38. The Hall–Kier alpha value is -1.74. The van der Waals surface area contributed by atoms with Gasteiger partial charge in [-0.05, 0) is 6.07 Å². The average molecular weight is 233 g/mol. The quantitative estimate of drug-likeness (QED) is 0.794. The SMILES string of the molecule is N#Cc1cc(Cl)nc(C(=O)O)c1C(F)F. The van der Waals surface area contributed by atoms with Gasteiger partial charge in [0.05, 0.1) is 17.2 Å². The van der Waals surface area contributed by atoms with Crippen LogP contribution < -0.4 is 0 Å². The van der Waals surface area contributed by atoms with Crippen LogP contribution in [0.15, 0.2) is 6.07 Å². The van der Waals surface area contributed by atoms with Crippen LogP contribution in [0.25, 0.3) is 0 Å². The van der Waals surface area contributed by atoms with E-state index in [9.17, 15) is 13.6 Å². The van der Waals surface area contributed by atoms with E-state index in [1.54, 1.807) is 0 Å². The second-order valence-electron chi connectivity index (χ2n) is 2.47. The number of pyridine rings is 1. The molecule has 0 unspecified atom stereocenters. The summed E-state index contributed by atoms with van der Waals surface area (Å²) in [4.78, 5) is 13.8. The van der Waals surface area contributed by atoms with Gasteiger partial charge in [0.25, 0.3) is 6.43 Å². The number of carbonyl (C=O) groups is 1. The van der Waals surface area contributed by atoms with Crippen LogP contribution in [-0.2, 0) is 0 Å². The van der Waals surface area contributed by atoms with Crippen LogP contribution in [0.4, 0.5) is 8.78 Å². The number of nitriles is 1. The number of aromatic carboxylic acids is 1. The first kappa shape index (κ1) is 11.3. The molecule has 0 fully saturated rings. The minimum atomic E-state index is -3.09. The molecule has 0 atom stereocenters. The zero-order valence-electron chi connectivity index (χ0n) is 7.04. The molecule has 1 N–H and O–H groups in total. The molecule has 0 saturated heterocycles. The molecule has 0 aliphatic heterocycles. The fraction of sp³-hybridized carbons (Fsp3) is 0.125. The van der Waals surface area contributed by atoms with Crippen LogP contribution >= 0.6 is 11.6 Å². The van der Waals surface area contributed by atoms with Gasteiger partial charge in [-0.1, -0.05) is 11.6 Å². The zero-order valence-corrected chi connectivity index (χ0v) is 7.79. The van der Waals surface area contributed by atoms with E-state index in [1.807, 2.05) is 0 Å². The minimum Gasteiger partial charge on any atom is -0.476 e. The van der Waals surface area contributed by atoms with E-state index in [0.29, 0.717) is 0 Å². The van der Waals surface area contributed by atoms with Crippen molar-refractivity contribution >= 4 is 17.6 Å². The van der Waals surface area contributed by atoms with Gasteiger partial charge in [0, 0.05) is 0 Å². The van der Waals surface area contributed by atoms with E-state index in [-0.39, 0.29) is 5.15 Å². The Morgan fingerprint density at radius 3 is 2.67 bits per heavy atom. The van der Waals surface area contributed by atoms with Gasteiger partial charge in [0.15, 0.2) is 5.69 Å². The van der Waals surface area contributed by atoms with Gasteiger partial charge in [-0.3, -0.25) is 0 Å². The third kappa shape index (κ3) is 2.19. The van der Waals surface area contributed by atoms with Gasteiger partial charge in [-0.2, -0.15) is 5.26 Å². The summed E-state index contributed by atoms with van der Waals surface area (Å²) in [6.45, 7) is 0. The Morgan fingerprint density at radius 2 is 2.27 bits per heavy atom. The van der Waals surface area contributed by atoms with Crippen molar-refractivity contribution in [1.82, 2.24) is 4.98 Å². The molecular formula is C8H3ClF2N2O2. The van der Waals surface area contributed by atoms with Crippen molar-refractivity contribution in [2.75, 3.05) is 0 Å². The summed E-state index contributed by atoms with van der Waals surface area (Å²) in [5.74, 6) is -1.65. The number of alkyl halides is 2. The summed E-state index contributed by atoms with van der Waals surface area (Å²) < 4.78 is 24.9. The molecule has 15 heavy (non-hydrogen) atoms. The number of carboxylic acid groups (broad SMARTS) is 1. The summed E-state index contributed by atoms with van der Waals surface area (Å²) in [7, 11) is 0. The fourth-order valence-electron chi connectivity index (χ4n) is 1.00. The first-order chi connectivity index (χ1) is 6.97. The van der Waals surface area contributed by atoms with Gasteiger partial charge in [0.2, 0.25) is 0 Å². The van der Waals surface area contributed by atoms with Gasteiger partial charge in [-0.25, -0.2) is 18.6 Å². The largest absolute Gasteiger partial charge is 0.476 e. The van der Waals surface area contributed by atoms with Crippen LogP contribution in [-0.4, -0.2) is 16.1 Å². The molecule has 4 nitrogen and oxygen atoms in total. The van der Waals surface area contributed by atoms with Gasteiger partial charge < -0.3 is 5.11 Å². The van der Waals surface area contributed by atoms with Crippen molar-refractivity contribution in [2.24, 2.45) is 0 Å². The lowest BCUT2D eigenvalue weighted by molar-refractivity contribution is 0.0677. The van der Waals surface area contributed by atoms with Gasteiger partial charge in [0.1, 0.15) is 5.15 Å². The van der Waals surface area contributed by atoms with Crippen molar-refractivity contribution in [1.29, 1.82) is 5.26 Å². The molecule has 1 aromatic heterocycles. The highest BCUT2D eigenvalue weighted by Gasteiger charge is 2.24. The van der Waals surface area contributed by atoms with Crippen LogP contribution in [0.1, 0.15) is 28.0 Å². The van der Waals surface area contributed by atoms with E-state index >= 15 is 0 Å². The molecule has 0 amide bonds. The third-order valence-electron chi connectivity index (χ3n) is 1.57. The van der Waals surface area contributed by atoms with Crippen molar-refractivity contribution in [2.45, 2.75) is 6.43 Å². The van der Waals surface area contributed by atoms with E-state index in [0.717, 1.165) is 6.07 Å². The molecule has 78 valence electrons. The van der Waals surface area contributed by atoms with E-state index in [4.69, 9.17) is 22.0 Å². The van der Waals surface area contributed by atoms with E-state index in [1.165, 1.54) is 6.07 Å². The molecule has 0 radical (unpaired) electrons. The number of hydrogen-bond acceptors (Lipinski definition) is 3. The maximum atomic E-state index is 12.5. The number of aromatic nitrogens is 1. The molecule has 0 bridgehead atoms. The maximum Gasteiger partial charge on any atom is 0.355 e. The monoisotopic (exact) mass is 232 g/mol. The smallest absolute Gasteiger partial charge is 0.355 e. The van der Waals surface area contributed by atoms with Crippen molar-refractivity contribution in [3.8, 4) is 6.07 Å². The molecule has 0 spiro atoms. The topological polar surface area (TPSA) is 74.0 Å². The lowest BCUT2D eigenvalue weighted by Crippen LogP contribution is -2.08. The Kier molecular flexibility index (Phi) is 3.17. The number of nitrogens with zero attached hydrogens (tertiary/aromatic N) is 2. The molecule has 0 aromatic carbocycles. The number of carboxylic acids is 1. The van der Waals surface area contributed by atoms with Crippen LogP contribution in [0, 0.1) is 11.3 Å². The highest BCUT2D eigenvalue weighted by molar-refractivity contribution is 6.29. The number of hydrogen-bond donors (Lipinski definition) is 1. The number of halogens is 3. The molecule has 0 aliphatic carbocycles. The fourth-order valence-corrected chi connectivity index (χ4v) is 1.19. The standard InChI is InChI=1S/C8H3ClF2N2O2/c9-4-1-3(2-12)5(7(10)11)6(13-4)8(14)15/h1,7H,(H,14,15). The average Bonchev–Trinajstić information content (AvgIpc) is 2.15. The van der Waals surface area contributed by atoms with Gasteiger partial charge in [-0.15, -0.1) is 0 Å². The molecule has 0 aliphatic rings. The van der Waals surface area contributed by atoms with Crippen LogP contribution in [0.2, 0.25) is 5.15 Å². The predicted molar refractivity (Wildman–Crippen MR) is 45.9 cm³/mol. The van der Waals surface area contributed by atoms with E-state index in [2.05, 4.69) is 4.98 Å². The molecule has 1 rings (SSSR count). The highest BCUT2D eigenvalue weighted by Crippen LogP contribution is 2.27. The predicted octanol–water partition coefficient (Wildman–Crippen LogP) is 2.24. The summed E-state index contributed by atoms with van der Waals surface area (Å²) in [6.07, 6.45) is -3.09. The molecule has 0 saturated carbocycles. The van der Waals surface area contributed by atoms with Crippen LogP contribution in [0.5, 0.6) is 0 Å². The molecule has 1 aromatic rings. The lowest BCUT2D eigenvalue weighted by atomic mass is 10.1.